The van der Waals surface area contributed by atoms with Crippen LogP contribution in [0.25, 0.3) is 0 Å². The van der Waals surface area contributed by atoms with Crippen LogP contribution in [0.3, 0.4) is 0 Å². The third kappa shape index (κ3) is 2.68. The highest BCUT2D eigenvalue weighted by atomic mass is 35.5. The molecule has 0 radical (unpaired) electrons. The highest BCUT2D eigenvalue weighted by molar-refractivity contribution is 6.30. The summed E-state index contributed by atoms with van der Waals surface area (Å²) in [7, 11) is 0. The molecule has 0 N–H and O–H groups in total. The van der Waals surface area contributed by atoms with Gasteiger partial charge in [0.05, 0.1) is 0 Å². The third-order valence-electron chi connectivity index (χ3n) is 2.53. The Balaban J connectivity index is 2.31. The molecule has 0 atom stereocenters. The summed E-state index contributed by atoms with van der Waals surface area (Å²) in [5.74, 6) is 1.19. The molecule has 0 aliphatic carbocycles. The molecule has 0 aliphatic heterocycles. The van der Waals surface area contributed by atoms with Crippen molar-refractivity contribution in [3.63, 3.8) is 0 Å². The summed E-state index contributed by atoms with van der Waals surface area (Å²) in [6.07, 6.45) is 2.25. The van der Waals surface area contributed by atoms with Crippen molar-refractivity contribution in [3.05, 3.63) is 52.2 Å². The van der Waals surface area contributed by atoms with Gasteiger partial charge in [-0.15, -0.1) is 0 Å². The molecule has 0 fully saturated rings. The molecule has 1 heterocycles. The van der Waals surface area contributed by atoms with Gasteiger partial charge in [-0.25, -0.2) is 4.98 Å². The van der Waals surface area contributed by atoms with E-state index >= 15 is 0 Å². The van der Waals surface area contributed by atoms with Crippen LogP contribution in [-0.2, 0) is 0 Å². The fourth-order valence-corrected chi connectivity index (χ4v) is 1.81. The van der Waals surface area contributed by atoms with Crippen LogP contribution in [0.15, 0.2) is 30.5 Å². The molecular formula is C14H12ClNO2. The normalized spacial score (nSPS) is 10.2. The molecule has 2 rings (SSSR count). The monoisotopic (exact) mass is 261 g/mol. The average molecular weight is 262 g/mol. The summed E-state index contributed by atoms with van der Waals surface area (Å²) in [6, 6.07) is 7.12. The second-order valence-corrected chi connectivity index (χ2v) is 4.46. The number of nitrogens with zero attached hydrogens (tertiary/aromatic N) is 1. The molecule has 0 saturated carbocycles. The Morgan fingerprint density at radius 1 is 1.22 bits per heavy atom. The maximum atomic E-state index is 10.6. The molecule has 0 aliphatic rings. The van der Waals surface area contributed by atoms with E-state index in [2.05, 4.69) is 4.98 Å². The van der Waals surface area contributed by atoms with Crippen LogP contribution < -0.4 is 4.74 Å². The van der Waals surface area contributed by atoms with Gasteiger partial charge < -0.3 is 4.74 Å². The molecule has 1 aromatic carbocycles. The van der Waals surface area contributed by atoms with Crippen molar-refractivity contribution in [2.24, 2.45) is 0 Å². The van der Waals surface area contributed by atoms with Crippen LogP contribution in [0.2, 0.25) is 5.02 Å². The number of benzene rings is 1. The Morgan fingerprint density at radius 2 is 2.00 bits per heavy atom. The molecule has 0 unspecified atom stereocenters. The Labute approximate surface area is 110 Å². The summed E-state index contributed by atoms with van der Waals surface area (Å²) in [4.78, 5) is 14.7. The highest BCUT2D eigenvalue weighted by Gasteiger charge is 2.06. The lowest BCUT2D eigenvalue weighted by molar-refractivity contribution is 0.112. The zero-order chi connectivity index (χ0) is 13.1. The predicted molar refractivity (Wildman–Crippen MR) is 70.6 cm³/mol. The molecule has 0 saturated heterocycles. The minimum atomic E-state index is 0.492. The van der Waals surface area contributed by atoms with Crippen LogP contribution in [0.4, 0.5) is 0 Å². The van der Waals surface area contributed by atoms with Crippen molar-refractivity contribution in [2.75, 3.05) is 0 Å². The lowest BCUT2D eigenvalue weighted by Crippen LogP contribution is -1.94. The lowest BCUT2D eigenvalue weighted by atomic mass is 10.2. The minimum Gasteiger partial charge on any atom is -0.438 e. The van der Waals surface area contributed by atoms with Gasteiger partial charge in [-0.2, -0.15) is 0 Å². The molecule has 18 heavy (non-hydrogen) atoms. The minimum absolute atomic E-state index is 0.492. The SMILES string of the molecule is Cc1cc(Cl)ccc1Oc1ncc(C=O)cc1C. The lowest BCUT2D eigenvalue weighted by Gasteiger charge is -2.10. The van der Waals surface area contributed by atoms with E-state index in [0.29, 0.717) is 22.2 Å². The number of carbonyl (C=O) groups is 1. The predicted octanol–water partition coefficient (Wildman–Crippen LogP) is 3.96. The third-order valence-corrected chi connectivity index (χ3v) is 2.77. The summed E-state index contributed by atoms with van der Waals surface area (Å²) in [5, 5.41) is 0.667. The number of hydrogen-bond acceptors (Lipinski definition) is 3. The van der Waals surface area contributed by atoms with E-state index in [1.165, 1.54) is 6.20 Å². The summed E-state index contributed by atoms with van der Waals surface area (Å²) >= 11 is 5.88. The maximum absolute atomic E-state index is 10.6. The van der Waals surface area contributed by atoms with Crippen LogP contribution in [0.1, 0.15) is 21.5 Å². The van der Waals surface area contributed by atoms with Gasteiger partial charge in [-0.3, -0.25) is 4.79 Å². The molecule has 0 bridgehead atoms. The van der Waals surface area contributed by atoms with Crippen molar-refractivity contribution in [2.45, 2.75) is 13.8 Å². The Hall–Kier alpha value is -1.87. The zero-order valence-electron chi connectivity index (χ0n) is 10.1. The molecule has 92 valence electrons. The standard InChI is InChI=1S/C14H12ClNO2/c1-9-6-12(15)3-4-13(9)18-14-10(2)5-11(8-17)7-16-14/h3-8H,1-2H3. The van der Waals surface area contributed by atoms with Crippen molar-refractivity contribution in [1.82, 2.24) is 4.98 Å². The number of aromatic nitrogens is 1. The first-order valence-corrected chi connectivity index (χ1v) is 5.84. The number of aldehydes is 1. The summed E-state index contributed by atoms with van der Waals surface area (Å²) < 4.78 is 5.71. The van der Waals surface area contributed by atoms with Crippen molar-refractivity contribution in [3.8, 4) is 11.6 Å². The number of aryl methyl sites for hydroxylation is 2. The molecule has 2 aromatic rings. The van der Waals surface area contributed by atoms with Crippen LogP contribution >= 0.6 is 11.6 Å². The Bertz CT molecular complexity index is 596. The summed E-state index contributed by atoms with van der Waals surface area (Å²) in [5.41, 5.74) is 2.28. The number of pyridine rings is 1. The van der Waals surface area contributed by atoms with E-state index in [-0.39, 0.29) is 0 Å². The number of ether oxygens (including phenoxy) is 1. The van der Waals surface area contributed by atoms with Gasteiger partial charge in [0.25, 0.3) is 0 Å². The number of hydrogen-bond donors (Lipinski definition) is 0. The van der Waals surface area contributed by atoms with Crippen molar-refractivity contribution < 1.29 is 9.53 Å². The fraction of sp³-hybridized carbons (Fsp3) is 0.143. The number of rotatable bonds is 3. The van der Waals surface area contributed by atoms with E-state index in [1.54, 1.807) is 18.2 Å². The first kappa shape index (κ1) is 12.6. The molecule has 4 heteroatoms. The summed E-state index contributed by atoms with van der Waals surface area (Å²) in [6.45, 7) is 3.76. The van der Waals surface area contributed by atoms with Crippen LogP contribution in [0, 0.1) is 13.8 Å². The average Bonchev–Trinajstić information content (AvgIpc) is 2.34. The number of halogens is 1. The molecule has 0 spiro atoms. The van der Waals surface area contributed by atoms with Gasteiger partial charge >= 0.3 is 0 Å². The first-order chi connectivity index (χ1) is 8.60. The van der Waals surface area contributed by atoms with Gasteiger partial charge in [-0.05, 0) is 43.7 Å². The Morgan fingerprint density at radius 3 is 2.61 bits per heavy atom. The first-order valence-electron chi connectivity index (χ1n) is 5.46. The van der Waals surface area contributed by atoms with Gasteiger partial charge in [0.2, 0.25) is 5.88 Å². The largest absolute Gasteiger partial charge is 0.438 e. The highest BCUT2D eigenvalue weighted by Crippen LogP contribution is 2.27. The van der Waals surface area contributed by atoms with E-state index in [9.17, 15) is 4.79 Å². The van der Waals surface area contributed by atoms with Gasteiger partial charge in [-0.1, -0.05) is 11.6 Å². The second-order valence-electron chi connectivity index (χ2n) is 4.02. The molecule has 3 nitrogen and oxygen atoms in total. The van der Waals surface area contributed by atoms with Crippen molar-refractivity contribution in [1.29, 1.82) is 0 Å². The van der Waals surface area contributed by atoms with Gasteiger partial charge in [0.15, 0.2) is 6.29 Å². The van der Waals surface area contributed by atoms with E-state index in [4.69, 9.17) is 16.3 Å². The molecule has 1 aromatic heterocycles. The van der Waals surface area contributed by atoms with Crippen LogP contribution in [-0.4, -0.2) is 11.3 Å². The molecular weight excluding hydrogens is 250 g/mol. The topological polar surface area (TPSA) is 39.2 Å². The van der Waals surface area contributed by atoms with Gasteiger partial charge in [0.1, 0.15) is 5.75 Å². The quantitative estimate of drug-likeness (QED) is 0.785. The number of carbonyl (C=O) groups excluding carboxylic acids is 1. The van der Waals surface area contributed by atoms with E-state index in [0.717, 1.165) is 17.4 Å². The maximum Gasteiger partial charge on any atom is 0.222 e. The van der Waals surface area contributed by atoms with Crippen LogP contribution in [0.5, 0.6) is 11.6 Å². The van der Waals surface area contributed by atoms with Gasteiger partial charge in [0, 0.05) is 22.3 Å². The smallest absolute Gasteiger partial charge is 0.222 e. The Kier molecular flexibility index (Phi) is 3.63. The van der Waals surface area contributed by atoms with Crippen molar-refractivity contribution >= 4 is 17.9 Å². The van der Waals surface area contributed by atoms with E-state index < -0.39 is 0 Å². The molecule has 0 amide bonds. The zero-order valence-corrected chi connectivity index (χ0v) is 10.9. The second kappa shape index (κ2) is 5.19. The fourth-order valence-electron chi connectivity index (χ4n) is 1.59. The van der Waals surface area contributed by atoms with E-state index in [1.807, 2.05) is 19.9 Å².